The SMILES string of the molecule is CCCN1C(=O)c2ccc(C(=O)N[C@@H](Cc3cc(F)cc(F)c3)[C@H](O)CNCc3cccc(CC)c3)cc2S1(=O)=O. The van der Waals surface area contributed by atoms with Crippen molar-refractivity contribution >= 4 is 21.8 Å². The van der Waals surface area contributed by atoms with Crippen molar-refractivity contribution < 1.29 is 31.9 Å². The van der Waals surface area contributed by atoms with Crippen molar-refractivity contribution in [2.24, 2.45) is 0 Å². The topological polar surface area (TPSA) is 116 Å². The number of sulfonamides is 1. The summed E-state index contributed by atoms with van der Waals surface area (Å²) in [6.07, 6.45) is 0.0498. The molecule has 0 aliphatic carbocycles. The molecule has 11 heteroatoms. The number of nitrogens with one attached hydrogen (secondary N) is 2. The van der Waals surface area contributed by atoms with Crippen LogP contribution in [0.3, 0.4) is 0 Å². The normalized spacial score (nSPS) is 15.4. The molecule has 41 heavy (non-hydrogen) atoms. The van der Waals surface area contributed by atoms with Gasteiger partial charge in [0, 0.05) is 31.3 Å². The standard InChI is InChI=1S/C30H33F2N3O5S/c1-3-10-35-30(38)25-9-8-22(15-28(25)41(35,39)40)29(37)34-26(14-21-12-23(31)16-24(32)13-21)27(36)18-33-17-20-7-5-6-19(4-2)11-20/h5-9,11-13,15-16,26-27,33,36H,3-4,10,14,17-18H2,1-2H3,(H,34,37)/t26-,27+/m0/s1. The highest BCUT2D eigenvalue weighted by Gasteiger charge is 2.41. The third-order valence-corrected chi connectivity index (χ3v) is 8.76. The number of rotatable bonds is 12. The maximum absolute atomic E-state index is 13.9. The Balaban J connectivity index is 1.53. The Morgan fingerprint density at radius 3 is 2.37 bits per heavy atom. The molecule has 0 unspecified atom stereocenters. The predicted molar refractivity (Wildman–Crippen MR) is 150 cm³/mol. The van der Waals surface area contributed by atoms with E-state index in [9.17, 15) is 31.9 Å². The number of hydrogen-bond donors (Lipinski definition) is 3. The van der Waals surface area contributed by atoms with Crippen LogP contribution in [-0.2, 0) is 29.4 Å². The first-order chi connectivity index (χ1) is 19.5. The van der Waals surface area contributed by atoms with Gasteiger partial charge in [-0.05, 0) is 66.3 Å². The van der Waals surface area contributed by atoms with Crippen molar-refractivity contribution in [3.63, 3.8) is 0 Å². The molecule has 0 fully saturated rings. The number of halogens is 2. The van der Waals surface area contributed by atoms with E-state index in [4.69, 9.17) is 0 Å². The molecule has 218 valence electrons. The molecular weight excluding hydrogens is 552 g/mol. The second-order valence-corrected chi connectivity index (χ2v) is 11.9. The molecule has 0 saturated heterocycles. The van der Waals surface area contributed by atoms with Crippen LogP contribution in [0.1, 0.15) is 57.7 Å². The molecule has 0 bridgehead atoms. The summed E-state index contributed by atoms with van der Waals surface area (Å²) in [7, 11) is -4.10. The van der Waals surface area contributed by atoms with Gasteiger partial charge in [-0.25, -0.2) is 21.5 Å². The van der Waals surface area contributed by atoms with E-state index in [2.05, 4.69) is 10.6 Å². The van der Waals surface area contributed by atoms with E-state index in [-0.39, 0.29) is 41.1 Å². The second-order valence-electron chi connectivity index (χ2n) is 10.0. The summed E-state index contributed by atoms with van der Waals surface area (Å²) in [5, 5.41) is 16.9. The van der Waals surface area contributed by atoms with Crippen LogP contribution in [0, 0.1) is 11.6 Å². The van der Waals surface area contributed by atoms with Gasteiger partial charge in [-0.15, -0.1) is 0 Å². The Morgan fingerprint density at radius 2 is 1.68 bits per heavy atom. The average Bonchev–Trinajstić information content (AvgIpc) is 3.12. The molecule has 2 atom stereocenters. The van der Waals surface area contributed by atoms with Crippen LogP contribution in [0.25, 0.3) is 0 Å². The maximum atomic E-state index is 13.9. The Labute approximate surface area is 238 Å². The van der Waals surface area contributed by atoms with E-state index < -0.39 is 45.6 Å². The predicted octanol–water partition coefficient (Wildman–Crippen LogP) is 3.57. The second kappa shape index (κ2) is 12.9. The summed E-state index contributed by atoms with van der Waals surface area (Å²) in [5.41, 5.74) is 2.35. The van der Waals surface area contributed by atoms with Crippen molar-refractivity contribution in [2.75, 3.05) is 13.1 Å². The number of aliphatic hydroxyl groups is 1. The summed E-state index contributed by atoms with van der Waals surface area (Å²) in [6.45, 7) is 4.32. The number of nitrogens with zero attached hydrogens (tertiary/aromatic N) is 1. The Bertz CT molecular complexity index is 1530. The van der Waals surface area contributed by atoms with E-state index in [0.717, 1.165) is 40.6 Å². The van der Waals surface area contributed by atoms with Crippen LogP contribution in [-0.4, -0.2) is 54.9 Å². The van der Waals surface area contributed by atoms with Gasteiger partial charge in [0.2, 0.25) is 0 Å². The quantitative estimate of drug-likeness (QED) is 0.299. The van der Waals surface area contributed by atoms with Crippen LogP contribution >= 0.6 is 0 Å². The fourth-order valence-electron chi connectivity index (χ4n) is 4.82. The first kappa shape index (κ1) is 30.3. The lowest BCUT2D eigenvalue weighted by atomic mass is 9.99. The molecule has 0 aromatic heterocycles. The minimum Gasteiger partial charge on any atom is -0.390 e. The first-order valence-corrected chi connectivity index (χ1v) is 14.9. The number of benzene rings is 3. The molecule has 0 saturated carbocycles. The Kier molecular flexibility index (Phi) is 9.52. The Hall–Kier alpha value is -3.67. The van der Waals surface area contributed by atoms with Crippen LogP contribution in [0.5, 0.6) is 0 Å². The number of aryl methyl sites for hydroxylation is 1. The van der Waals surface area contributed by atoms with Crippen molar-refractivity contribution in [3.05, 3.63) is 100 Å². The van der Waals surface area contributed by atoms with E-state index in [1.807, 2.05) is 31.2 Å². The molecular formula is C30H33F2N3O5S. The van der Waals surface area contributed by atoms with Crippen molar-refractivity contribution in [1.82, 2.24) is 14.9 Å². The third-order valence-electron chi connectivity index (χ3n) is 6.94. The largest absolute Gasteiger partial charge is 0.390 e. The van der Waals surface area contributed by atoms with Gasteiger partial charge in [0.25, 0.3) is 21.8 Å². The highest BCUT2D eigenvalue weighted by atomic mass is 32.2. The lowest BCUT2D eigenvalue weighted by Crippen LogP contribution is -2.48. The monoisotopic (exact) mass is 585 g/mol. The minimum absolute atomic E-state index is 0.0156. The fraction of sp³-hybridized carbons (Fsp3) is 0.333. The molecule has 1 heterocycles. The van der Waals surface area contributed by atoms with Gasteiger partial charge < -0.3 is 15.7 Å². The molecule has 8 nitrogen and oxygen atoms in total. The van der Waals surface area contributed by atoms with Crippen LogP contribution in [0.2, 0.25) is 0 Å². The van der Waals surface area contributed by atoms with Crippen molar-refractivity contribution in [3.8, 4) is 0 Å². The van der Waals surface area contributed by atoms with Gasteiger partial charge in [0.1, 0.15) is 16.5 Å². The van der Waals surface area contributed by atoms with E-state index in [1.165, 1.54) is 17.7 Å². The van der Waals surface area contributed by atoms with Gasteiger partial charge in [0.15, 0.2) is 0 Å². The number of fused-ring (bicyclic) bond motifs is 1. The number of aliphatic hydroxyl groups excluding tert-OH is 1. The minimum atomic E-state index is -4.10. The Morgan fingerprint density at radius 1 is 0.976 bits per heavy atom. The van der Waals surface area contributed by atoms with Crippen molar-refractivity contribution in [1.29, 1.82) is 0 Å². The van der Waals surface area contributed by atoms with Gasteiger partial charge >= 0.3 is 0 Å². The number of hydrogen-bond acceptors (Lipinski definition) is 6. The molecule has 3 aromatic rings. The number of carbonyl (C=O) groups excluding carboxylic acids is 2. The number of carbonyl (C=O) groups is 2. The zero-order valence-electron chi connectivity index (χ0n) is 22.9. The van der Waals surface area contributed by atoms with E-state index in [0.29, 0.717) is 13.0 Å². The van der Waals surface area contributed by atoms with Crippen LogP contribution in [0.4, 0.5) is 8.78 Å². The molecule has 1 aliphatic rings. The van der Waals surface area contributed by atoms with Crippen LogP contribution < -0.4 is 10.6 Å². The smallest absolute Gasteiger partial charge is 0.269 e. The summed E-state index contributed by atoms with van der Waals surface area (Å²) < 4.78 is 54.4. The maximum Gasteiger partial charge on any atom is 0.269 e. The summed E-state index contributed by atoms with van der Waals surface area (Å²) in [4.78, 5) is 25.6. The molecule has 3 N–H and O–H groups in total. The summed E-state index contributed by atoms with van der Waals surface area (Å²) in [6, 6.07) is 13.7. The summed E-state index contributed by atoms with van der Waals surface area (Å²) >= 11 is 0. The highest BCUT2D eigenvalue weighted by molar-refractivity contribution is 7.90. The van der Waals surface area contributed by atoms with Gasteiger partial charge in [-0.3, -0.25) is 9.59 Å². The summed E-state index contributed by atoms with van der Waals surface area (Å²) in [5.74, 6) is -2.94. The third kappa shape index (κ3) is 6.98. The molecule has 1 aliphatic heterocycles. The molecule has 0 spiro atoms. The molecule has 2 amide bonds. The average molecular weight is 586 g/mol. The zero-order chi connectivity index (χ0) is 29.7. The molecule has 3 aromatic carbocycles. The van der Waals surface area contributed by atoms with E-state index >= 15 is 0 Å². The lowest BCUT2D eigenvalue weighted by molar-refractivity contribution is 0.0827. The highest BCUT2D eigenvalue weighted by Crippen LogP contribution is 2.31. The van der Waals surface area contributed by atoms with Crippen LogP contribution in [0.15, 0.2) is 65.6 Å². The van der Waals surface area contributed by atoms with Gasteiger partial charge in [-0.2, -0.15) is 0 Å². The van der Waals surface area contributed by atoms with Gasteiger partial charge in [0.05, 0.1) is 17.7 Å². The van der Waals surface area contributed by atoms with E-state index in [1.54, 1.807) is 6.92 Å². The van der Waals surface area contributed by atoms with Gasteiger partial charge in [-0.1, -0.05) is 38.1 Å². The van der Waals surface area contributed by atoms with Crippen molar-refractivity contribution in [2.45, 2.75) is 56.7 Å². The first-order valence-electron chi connectivity index (χ1n) is 13.5. The lowest BCUT2D eigenvalue weighted by Gasteiger charge is -2.25. The molecule has 0 radical (unpaired) electrons. The number of amides is 2. The fourth-order valence-corrected chi connectivity index (χ4v) is 6.51. The zero-order valence-corrected chi connectivity index (χ0v) is 23.7. The molecule has 4 rings (SSSR count).